The van der Waals surface area contributed by atoms with Crippen LogP contribution in [-0.4, -0.2) is 26.3 Å². The maximum absolute atomic E-state index is 11.6. The molecule has 1 aromatic heterocycles. The van der Waals surface area contributed by atoms with Gasteiger partial charge in [0.15, 0.2) is 5.69 Å². The minimum atomic E-state index is -0.897. The van der Waals surface area contributed by atoms with Crippen LogP contribution in [-0.2, 0) is 0 Å². The Kier molecular flexibility index (Phi) is 4.71. The first-order valence-electron chi connectivity index (χ1n) is 5.26. The van der Waals surface area contributed by atoms with E-state index in [4.69, 9.17) is 23.2 Å². The van der Waals surface area contributed by atoms with Gasteiger partial charge in [0, 0.05) is 16.6 Å². The summed E-state index contributed by atoms with van der Waals surface area (Å²) < 4.78 is 7.51. The maximum atomic E-state index is 11.6. The summed E-state index contributed by atoms with van der Waals surface area (Å²) in [6.07, 6.45) is 0.467. The van der Waals surface area contributed by atoms with Crippen molar-refractivity contribution in [1.29, 1.82) is 0 Å². The molecule has 0 aliphatic rings. The average Bonchev–Trinajstić information content (AvgIpc) is 2.88. The molecule has 0 aliphatic carbocycles. The molecule has 0 aliphatic heterocycles. The Morgan fingerprint density at radius 2 is 2.05 bits per heavy atom. The van der Waals surface area contributed by atoms with Gasteiger partial charge in [0.1, 0.15) is 0 Å². The molecule has 1 heterocycles. The number of aromatic nitrogens is 2. The van der Waals surface area contributed by atoms with Crippen molar-refractivity contribution < 1.29 is 9.90 Å². The van der Waals surface area contributed by atoms with Crippen LogP contribution in [0, 0.1) is 0 Å². The number of hydrogen-bond donors (Lipinski definition) is 2. The molecule has 0 saturated heterocycles. The van der Waals surface area contributed by atoms with Gasteiger partial charge in [-0.05, 0) is 23.8 Å². The number of benzene rings is 1. The molecular formula is C11H9Cl2N3O2S. The molecule has 100 valence electrons. The molecule has 0 fully saturated rings. The third kappa shape index (κ3) is 3.87. The zero-order valence-electron chi connectivity index (χ0n) is 9.51. The van der Waals surface area contributed by atoms with Crippen molar-refractivity contribution in [2.45, 2.75) is 6.10 Å². The van der Waals surface area contributed by atoms with E-state index < -0.39 is 6.10 Å². The highest BCUT2D eigenvalue weighted by molar-refractivity contribution is 6.99. The Morgan fingerprint density at radius 1 is 1.37 bits per heavy atom. The molecule has 5 nitrogen and oxygen atoms in total. The molecule has 2 N–H and O–H groups in total. The minimum Gasteiger partial charge on any atom is -0.387 e. The molecule has 1 unspecified atom stereocenters. The third-order valence-electron chi connectivity index (χ3n) is 2.32. The third-order valence-corrected chi connectivity index (χ3v) is 3.23. The van der Waals surface area contributed by atoms with Gasteiger partial charge in [0.05, 0.1) is 24.0 Å². The highest BCUT2D eigenvalue weighted by Gasteiger charge is 2.13. The molecule has 1 amide bonds. The van der Waals surface area contributed by atoms with Gasteiger partial charge in [0.2, 0.25) is 0 Å². The number of amides is 1. The lowest BCUT2D eigenvalue weighted by atomic mass is 10.1. The minimum absolute atomic E-state index is 0.0348. The summed E-state index contributed by atoms with van der Waals surface area (Å²) in [6, 6.07) is 4.75. The number of carbonyl (C=O) groups is 1. The number of rotatable bonds is 4. The number of aliphatic hydroxyl groups excluding tert-OH is 1. The largest absolute Gasteiger partial charge is 0.387 e. The van der Waals surface area contributed by atoms with Crippen LogP contribution in [0.25, 0.3) is 0 Å². The summed E-state index contributed by atoms with van der Waals surface area (Å²) >= 11 is 12.6. The second-order valence-corrected chi connectivity index (χ2v) is 5.15. The van der Waals surface area contributed by atoms with Gasteiger partial charge in [-0.2, -0.15) is 8.75 Å². The molecule has 8 heteroatoms. The van der Waals surface area contributed by atoms with Crippen molar-refractivity contribution >= 4 is 40.8 Å². The van der Waals surface area contributed by atoms with Crippen LogP contribution in [0.5, 0.6) is 0 Å². The first-order chi connectivity index (χ1) is 9.06. The molecule has 2 aromatic rings. The lowest BCUT2D eigenvalue weighted by Gasteiger charge is -2.12. The fourth-order valence-corrected chi connectivity index (χ4v) is 2.39. The molecule has 1 atom stereocenters. The maximum Gasteiger partial charge on any atom is 0.272 e. The van der Waals surface area contributed by atoms with E-state index in [1.807, 2.05) is 0 Å². The standard InChI is InChI=1S/C11H9Cl2N3O2S/c12-7-1-6(2-8(13)3-7)10(17)5-14-11(18)9-4-15-19-16-9/h1-4,10,17H,5H2,(H,14,18). The number of nitrogens with zero attached hydrogens (tertiary/aromatic N) is 2. The molecule has 1 aromatic carbocycles. The lowest BCUT2D eigenvalue weighted by Crippen LogP contribution is -2.28. The van der Waals surface area contributed by atoms with E-state index in [1.165, 1.54) is 6.20 Å². The van der Waals surface area contributed by atoms with Crippen LogP contribution in [0.2, 0.25) is 10.0 Å². The van der Waals surface area contributed by atoms with Gasteiger partial charge in [-0.1, -0.05) is 23.2 Å². The van der Waals surface area contributed by atoms with E-state index in [-0.39, 0.29) is 18.1 Å². The van der Waals surface area contributed by atoms with Crippen molar-refractivity contribution in [3.05, 3.63) is 45.7 Å². The molecule has 0 saturated carbocycles. The lowest BCUT2D eigenvalue weighted by molar-refractivity contribution is 0.0912. The number of halogens is 2. The highest BCUT2D eigenvalue weighted by Crippen LogP contribution is 2.23. The number of aliphatic hydroxyl groups is 1. The van der Waals surface area contributed by atoms with E-state index in [9.17, 15) is 9.90 Å². The zero-order valence-corrected chi connectivity index (χ0v) is 11.8. The van der Waals surface area contributed by atoms with Crippen molar-refractivity contribution in [2.24, 2.45) is 0 Å². The van der Waals surface area contributed by atoms with E-state index in [2.05, 4.69) is 14.1 Å². The topological polar surface area (TPSA) is 75.1 Å². The van der Waals surface area contributed by atoms with Crippen LogP contribution < -0.4 is 5.32 Å². The predicted molar refractivity (Wildman–Crippen MR) is 73.7 cm³/mol. The van der Waals surface area contributed by atoms with Crippen molar-refractivity contribution in [3.8, 4) is 0 Å². The van der Waals surface area contributed by atoms with Gasteiger partial charge >= 0.3 is 0 Å². The fraction of sp³-hybridized carbons (Fsp3) is 0.182. The summed E-state index contributed by atoms with van der Waals surface area (Å²) in [5.41, 5.74) is 0.760. The zero-order chi connectivity index (χ0) is 13.8. The monoisotopic (exact) mass is 317 g/mol. The molecular weight excluding hydrogens is 309 g/mol. The first-order valence-corrected chi connectivity index (χ1v) is 6.74. The van der Waals surface area contributed by atoms with E-state index in [0.717, 1.165) is 11.7 Å². The van der Waals surface area contributed by atoms with Crippen molar-refractivity contribution in [1.82, 2.24) is 14.1 Å². The molecule has 19 heavy (non-hydrogen) atoms. The first kappa shape index (κ1) is 14.2. The molecule has 0 radical (unpaired) electrons. The number of nitrogens with one attached hydrogen (secondary N) is 1. The van der Waals surface area contributed by atoms with Crippen LogP contribution >= 0.6 is 34.9 Å². The van der Waals surface area contributed by atoms with Crippen molar-refractivity contribution in [2.75, 3.05) is 6.54 Å². The normalized spacial score (nSPS) is 12.2. The van der Waals surface area contributed by atoms with Gasteiger partial charge < -0.3 is 10.4 Å². The van der Waals surface area contributed by atoms with Crippen LogP contribution in [0.1, 0.15) is 22.2 Å². The Morgan fingerprint density at radius 3 is 2.63 bits per heavy atom. The SMILES string of the molecule is O=C(NCC(O)c1cc(Cl)cc(Cl)c1)c1cnsn1. The van der Waals surface area contributed by atoms with E-state index >= 15 is 0 Å². The fourth-order valence-electron chi connectivity index (χ4n) is 1.43. The molecule has 2 rings (SSSR count). The van der Waals surface area contributed by atoms with Crippen LogP contribution in [0.15, 0.2) is 24.4 Å². The van der Waals surface area contributed by atoms with Crippen molar-refractivity contribution in [3.63, 3.8) is 0 Å². The van der Waals surface area contributed by atoms with Gasteiger partial charge in [0.25, 0.3) is 5.91 Å². The Balaban J connectivity index is 1.97. The Bertz CT molecular complexity index is 557. The van der Waals surface area contributed by atoms with E-state index in [1.54, 1.807) is 18.2 Å². The van der Waals surface area contributed by atoms with Crippen LogP contribution in [0.4, 0.5) is 0 Å². The Hall–Kier alpha value is -1.21. The van der Waals surface area contributed by atoms with Crippen LogP contribution in [0.3, 0.4) is 0 Å². The highest BCUT2D eigenvalue weighted by atomic mass is 35.5. The summed E-state index contributed by atoms with van der Waals surface area (Å²) in [5.74, 6) is -0.388. The summed E-state index contributed by atoms with van der Waals surface area (Å²) in [6.45, 7) is 0.0348. The molecule has 0 spiro atoms. The van der Waals surface area contributed by atoms with E-state index in [0.29, 0.717) is 15.6 Å². The van der Waals surface area contributed by atoms with Gasteiger partial charge in [-0.15, -0.1) is 0 Å². The summed E-state index contributed by atoms with van der Waals surface area (Å²) in [7, 11) is 0. The second kappa shape index (κ2) is 6.29. The molecule has 0 bridgehead atoms. The smallest absolute Gasteiger partial charge is 0.272 e. The average molecular weight is 318 g/mol. The quantitative estimate of drug-likeness (QED) is 0.907. The summed E-state index contributed by atoms with van der Waals surface area (Å²) in [4.78, 5) is 11.6. The second-order valence-electron chi connectivity index (χ2n) is 3.72. The summed E-state index contributed by atoms with van der Waals surface area (Å²) in [5, 5.41) is 13.4. The van der Waals surface area contributed by atoms with Gasteiger partial charge in [-0.3, -0.25) is 4.79 Å². The number of carbonyl (C=O) groups excluding carboxylic acids is 1. The predicted octanol–water partition coefficient (Wildman–Crippen LogP) is 2.31. The Labute approximate surface area is 123 Å². The number of hydrogen-bond acceptors (Lipinski definition) is 5. The van der Waals surface area contributed by atoms with Gasteiger partial charge in [-0.25, -0.2) is 0 Å².